The zero-order valence-electron chi connectivity index (χ0n) is 22.3. The Hall–Kier alpha value is -4.61. The first-order chi connectivity index (χ1) is 19.4. The van der Waals surface area contributed by atoms with Gasteiger partial charge in [0.05, 0.1) is 17.7 Å². The number of aliphatic imine (C=N–C) groups is 1. The molecule has 12 heteroatoms. The average molecular weight is 561 g/mol. The molecule has 210 valence electrons. The Labute approximate surface area is 232 Å². The molecule has 5 aliphatic rings. The van der Waals surface area contributed by atoms with E-state index in [0.29, 0.717) is 22.4 Å². The second-order valence-electron chi connectivity index (χ2n) is 11.7. The van der Waals surface area contributed by atoms with Gasteiger partial charge in [-0.3, -0.25) is 19.5 Å². The number of ether oxygens (including phenoxy) is 1. The van der Waals surface area contributed by atoms with Gasteiger partial charge < -0.3 is 19.8 Å². The highest BCUT2D eigenvalue weighted by molar-refractivity contribution is 6.24. The number of hydrogen-bond donors (Lipinski definition) is 2. The number of pyridine rings is 1. The molecule has 5 heterocycles. The molecule has 0 radical (unpaired) electrons. The van der Waals surface area contributed by atoms with Crippen molar-refractivity contribution in [1.29, 1.82) is 0 Å². The monoisotopic (exact) mass is 560 g/mol. The highest BCUT2D eigenvalue weighted by Gasteiger charge is 2.61. The highest BCUT2D eigenvalue weighted by Crippen LogP contribution is 2.54. The molecule has 4 aliphatic heterocycles. The number of carboxylic acids is 2. The van der Waals surface area contributed by atoms with Crippen molar-refractivity contribution in [3.63, 3.8) is 0 Å². The Morgan fingerprint density at radius 2 is 1.90 bits per heavy atom. The molecule has 11 nitrogen and oxygen atoms in total. The number of hydrogen-bond acceptors (Lipinski definition) is 7. The fourth-order valence-corrected chi connectivity index (χ4v) is 6.74. The van der Waals surface area contributed by atoms with Gasteiger partial charge >= 0.3 is 11.9 Å². The van der Waals surface area contributed by atoms with Crippen molar-refractivity contribution in [3.8, 4) is 5.75 Å². The van der Waals surface area contributed by atoms with Gasteiger partial charge in [-0.15, -0.1) is 0 Å². The number of aromatic nitrogens is 1. The maximum Gasteiger partial charge on any atom is 0.352 e. The predicted molar refractivity (Wildman–Crippen MR) is 141 cm³/mol. The molecular formula is C29H25FN4O7. The third-order valence-corrected chi connectivity index (χ3v) is 8.84. The molecule has 3 atom stereocenters. The van der Waals surface area contributed by atoms with Crippen molar-refractivity contribution >= 4 is 46.1 Å². The van der Waals surface area contributed by atoms with E-state index in [0.717, 1.165) is 17.7 Å². The van der Waals surface area contributed by atoms with Crippen molar-refractivity contribution in [1.82, 2.24) is 9.88 Å². The summed E-state index contributed by atoms with van der Waals surface area (Å²) < 4.78 is 21.5. The second-order valence-corrected chi connectivity index (χ2v) is 11.7. The lowest BCUT2D eigenvalue weighted by Crippen LogP contribution is -2.61. The van der Waals surface area contributed by atoms with E-state index in [1.54, 1.807) is 19.1 Å². The van der Waals surface area contributed by atoms with Gasteiger partial charge in [-0.25, -0.2) is 19.0 Å². The Bertz CT molecular complexity index is 1740. The third-order valence-electron chi connectivity index (χ3n) is 8.84. The molecule has 7 rings (SSSR count). The van der Waals surface area contributed by atoms with E-state index in [4.69, 9.17) is 9.72 Å². The molecule has 1 saturated heterocycles. The van der Waals surface area contributed by atoms with E-state index in [-0.39, 0.29) is 58.6 Å². The minimum atomic E-state index is -1.70. The van der Waals surface area contributed by atoms with Crippen LogP contribution in [0.4, 0.5) is 10.1 Å². The van der Waals surface area contributed by atoms with Crippen LogP contribution in [-0.4, -0.2) is 61.6 Å². The lowest BCUT2D eigenvalue weighted by molar-refractivity contribution is -0.157. The summed E-state index contributed by atoms with van der Waals surface area (Å²) >= 11 is 0. The number of aliphatic carboxylic acids is 2. The molecule has 1 aromatic heterocycles. The van der Waals surface area contributed by atoms with E-state index in [2.05, 4.69) is 4.99 Å². The number of nitrogens with zero attached hydrogens (tertiary/aromatic N) is 4. The number of rotatable bonds is 5. The van der Waals surface area contributed by atoms with E-state index in [1.807, 2.05) is 13.8 Å². The molecule has 1 aliphatic carbocycles. The van der Waals surface area contributed by atoms with Crippen LogP contribution in [-0.2, 0) is 25.6 Å². The largest absolute Gasteiger partial charge is 0.479 e. The second kappa shape index (κ2) is 8.21. The van der Waals surface area contributed by atoms with E-state index in [9.17, 15) is 29.4 Å². The molecule has 41 heavy (non-hydrogen) atoms. The zero-order chi connectivity index (χ0) is 29.1. The number of carbonyl (C=O) groups excluding carboxylic acids is 2. The molecule has 2 aromatic rings. The Kier molecular flexibility index (Phi) is 5.08. The summed E-state index contributed by atoms with van der Waals surface area (Å²) in [5.41, 5.74) is 0.948. The first kappa shape index (κ1) is 25.4. The topological polar surface area (TPSA) is 150 Å². The lowest BCUT2D eigenvalue weighted by atomic mass is 9.70. The summed E-state index contributed by atoms with van der Waals surface area (Å²) in [7, 11) is 0. The molecule has 2 fully saturated rings. The predicted octanol–water partition coefficient (Wildman–Crippen LogP) is 3.03. The summed E-state index contributed by atoms with van der Waals surface area (Å²) in [6.45, 7) is 5.61. The quantitative estimate of drug-likeness (QED) is 0.419. The molecule has 0 spiro atoms. The number of carbonyl (C=O) groups is 4. The first-order valence-corrected chi connectivity index (χ1v) is 13.4. The summed E-state index contributed by atoms with van der Waals surface area (Å²) in [5.74, 6) is -4.95. The number of allylic oxidation sites excluding steroid dienone is 1. The first-order valence-electron chi connectivity index (χ1n) is 13.4. The van der Waals surface area contributed by atoms with Gasteiger partial charge in [0.15, 0.2) is 11.6 Å². The number of benzene rings is 1. The van der Waals surface area contributed by atoms with Crippen LogP contribution in [0.2, 0.25) is 0 Å². The Morgan fingerprint density at radius 1 is 1.17 bits per heavy atom. The molecule has 2 amide bonds. The standard InChI is InChI=1S/C29H25FN4O7/c1-11-24-29(2,3)15(21(28(39)40)34(24)25(11)35)9-14-7-6-13-8-16(30)22-23(19(13)31-14)41-10-17-18(12-4-5-12)32-20(27(37)38)26(36)33(17)22/h6-8,10-12,20,24H,4-5,9H2,1-3H3,(H,37,38)(H,39,40)/t11-,20?,24?/m1/s1. The number of fused-ring (bicyclic) bond motifs is 6. The van der Waals surface area contributed by atoms with Gasteiger partial charge in [0, 0.05) is 28.8 Å². The number of carboxylic acid groups (broad SMARTS) is 2. The van der Waals surface area contributed by atoms with Crippen LogP contribution in [0.15, 0.2) is 46.4 Å². The van der Waals surface area contributed by atoms with Crippen LogP contribution in [0.25, 0.3) is 10.9 Å². The summed E-state index contributed by atoms with van der Waals surface area (Å²) in [4.78, 5) is 61.3. The van der Waals surface area contributed by atoms with Crippen molar-refractivity contribution in [2.75, 3.05) is 4.90 Å². The third kappa shape index (κ3) is 3.36. The smallest absolute Gasteiger partial charge is 0.352 e. The summed E-state index contributed by atoms with van der Waals surface area (Å²) in [6.07, 6.45) is 2.95. The van der Waals surface area contributed by atoms with E-state index >= 15 is 4.39 Å². The van der Waals surface area contributed by atoms with Crippen molar-refractivity contribution in [2.45, 2.75) is 52.1 Å². The number of anilines is 1. The zero-order valence-corrected chi connectivity index (χ0v) is 22.3. The number of β-lactam (4-membered cyclic amide) rings is 1. The normalized spacial score (nSPS) is 26.1. The van der Waals surface area contributed by atoms with E-state index in [1.165, 1.54) is 17.2 Å². The van der Waals surface area contributed by atoms with Crippen molar-refractivity contribution < 1.29 is 38.5 Å². The average Bonchev–Trinajstić information content (AvgIpc) is 3.74. The Morgan fingerprint density at radius 3 is 2.56 bits per heavy atom. The van der Waals surface area contributed by atoms with Crippen LogP contribution in [0.5, 0.6) is 5.75 Å². The van der Waals surface area contributed by atoms with Gasteiger partial charge in [-0.2, -0.15) is 0 Å². The SMILES string of the molecule is C[C@H]1C(=O)N2C(C(=O)O)=C(Cc3ccc4cc(F)c5c(c4n3)OC=C3C(C4CC4)=NC(C(=O)O)C(=O)N35)C(C)(C)C12. The molecule has 0 bridgehead atoms. The maximum absolute atomic E-state index is 15.6. The maximum atomic E-state index is 15.6. The molecule has 1 aromatic carbocycles. The van der Waals surface area contributed by atoms with Crippen LogP contribution in [0, 0.1) is 23.1 Å². The molecule has 2 N–H and O–H groups in total. The fraction of sp³-hybridized carbons (Fsp3) is 0.379. The number of halogens is 1. The molecule has 1 saturated carbocycles. The van der Waals surface area contributed by atoms with Crippen LogP contribution in [0.3, 0.4) is 0 Å². The Balaban J connectivity index is 1.34. The van der Waals surface area contributed by atoms with Crippen molar-refractivity contribution in [3.05, 3.63) is 52.9 Å². The summed E-state index contributed by atoms with van der Waals surface area (Å²) in [6, 6.07) is 2.51. The van der Waals surface area contributed by atoms with E-state index < -0.39 is 35.1 Å². The molecule has 2 unspecified atom stereocenters. The fourth-order valence-electron chi connectivity index (χ4n) is 6.74. The van der Waals surface area contributed by atoms with Crippen LogP contribution >= 0.6 is 0 Å². The van der Waals surface area contributed by atoms with Gasteiger partial charge in [0.2, 0.25) is 11.9 Å². The van der Waals surface area contributed by atoms with Gasteiger partial charge in [0.25, 0.3) is 5.91 Å². The highest BCUT2D eigenvalue weighted by atomic mass is 19.1. The van der Waals surface area contributed by atoms with Crippen LogP contribution in [0.1, 0.15) is 39.3 Å². The number of amides is 2. The van der Waals surface area contributed by atoms with Crippen molar-refractivity contribution in [2.24, 2.45) is 22.2 Å². The molecular weight excluding hydrogens is 535 g/mol. The van der Waals surface area contributed by atoms with Crippen LogP contribution < -0.4 is 9.64 Å². The minimum Gasteiger partial charge on any atom is -0.479 e. The lowest BCUT2D eigenvalue weighted by Gasteiger charge is -2.47. The minimum absolute atomic E-state index is 0.0378. The van der Waals surface area contributed by atoms with Gasteiger partial charge in [0.1, 0.15) is 28.9 Å². The summed E-state index contributed by atoms with van der Waals surface area (Å²) in [5, 5.41) is 20.1. The van der Waals surface area contributed by atoms with Gasteiger partial charge in [-0.05, 0) is 30.5 Å². The van der Waals surface area contributed by atoms with Gasteiger partial charge in [-0.1, -0.05) is 26.8 Å².